The van der Waals surface area contributed by atoms with E-state index in [1.807, 2.05) is 31.2 Å². The Labute approximate surface area is 156 Å². The highest BCUT2D eigenvalue weighted by Gasteiger charge is 2.15. The van der Waals surface area contributed by atoms with Crippen LogP contribution in [0, 0.1) is 5.92 Å². The van der Waals surface area contributed by atoms with Gasteiger partial charge in [-0.1, -0.05) is 63.8 Å². The summed E-state index contributed by atoms with van der Waals surface area (Å²) in [6.07, 6.45) is 6.72. The summed E-state index contributed by atoms with van der Waals surface area (Å²) >= 11 is 0. The Bertz CT molecular complexity index is 636. The highest BCUT2D eigenvalue weighted by atomic mass is 16.1. The fraction of sp³-hybridized carbons (Fsp3) is 0.550. The Morgan fingerprint density at radius 2 is 1.85 bits per heavy atom. The van der Waals surface area contributed by atoms with Crippen molar-refractivity contribution in [1.29, 1.82) is 0 Å². The van der Waals surface area contributed by atoms with Crippen molar-refractivity contribution in [3.8, 4) is 0 Å². The number of carbonyl (C=O) groups excluding carboxylic acids is 1. The fourth-order valence-electron chi connectivity index (χ4n) is 2.91. The molecule has 3 N–H and O–H groups in total. The Balaban J connectivity index is 1.82. The van der Waals surface area contributed by atoms with Crippen molar-refractivity contribution in [3.05, 3.63) is 35.4 Å². The number of amidine groups is 2. The number of unbranched alkanes of at least 4 members (excludes halogenated alkanes) is 3. The van der Waals surface area contributed by atoms with Crippen LogP contribution in [0.3, 0.4) is 0 Å². The monoisotopic (exact) mass is 357 g/mol. The summed E-state index contributed by atoms with van der Waals surface area (Å²) in [7, 11) is 0. The Kier molecular flexibility index (Phi) is 8.12. The van der Waals surface area contributed by atoms with E-state index < -0.39 is 0 Å². The summed E-state index contributed by atoms with van der Waals surface area (Å²) in [4.78, 5) is 12.4. The third-order valence-corrected chi connectivity index (χ3v) is 4.63. The molecule has 0 radical (unpaired) electrons. The maximum absolute atomic E-state index is 12.4. The predicted molar refractivity (Wildman–Crippen MR) is 107 cm³/mol. The number of nitrogens with zero attached hydrogens (tertiary/aromatic N) is 2. The molecule has 142 valence electrons. The van der Waals surface area contributed by atoms with Gasteiger partial charge >= 0.3 is 0 Å². The second kappa shape index (κ2) is 10.6. The van der Waals surface area contributed by atoms with E-state index in [-0.39, 0.29) is 11.8 Å². The SMILES string of the molecule is CCCCCC[C@@H](CC)C(=O)NCc1ccc(C2=NN=C(C)NN2)cc1. The van der Waals surface area contributed by atoms with Crippen molar-refractivity contribution in [2.45, 2.75) is 65.8 Å². The molecule has 2 rings (SSSR count). The molecule has 0 fully saturated rings. The Morgan fingerprint density at radius 1 is 1.08 bits per heavy atom. The van der Waals surface area contributed by atoms with E-state index in [9.17, 15) is 4.79 Å². The number of hydrazine groups is 1. The summed E-state index contributed by atoms with van der Waals surface area (Å²) in [5, 5.41) is 11.2. The van der Waals surface area contributed by atoms with Crippen LogP contribution in [0.15, 0.2) is 34.5 Å². The lowest BCUT2D eigenvalue weighted by Gasteiger charge is -2.16. The molecule has 26 heavy (non-hydrogen) atoms. The lowest BCUT2D eigenvalue weighted by Crippen LogP contribution is -2.43. The summed E-state index contributed by atoms with van der Waals surface area (Å²) < 4.78 is 0. The molecule has 1 atom stereocenters. The first-order valence-electron chi connectivity index (χ1n) is 9.65. The van der Waals surface area contributed by atoms with Gasteiger partial charge < -0.3 is 5.32 Å². The van der Waals surface area contributed by atoms with Gasteiger partial charge in [-0.15, -0.1) is 10.2 Å². The first kappa shape index (κ1) is 19.9. The standard InChI is InChI=1S/C20H31N5O/c1-4-6-7-8-9-17(5-2)20(26)21-14-16-10-12-18(13-11-16)19-24-22-15(3)23-25-19/h10-13,17H,4-9,14H2,1-3H3,(H,21,26)(H,22,23)(H,24,25)/t17-/m1/s1. The van der Waals surface area contributed by atoms with E-state index >= 15 is 0 Å². The molecule has 1 aromatic rings. The predicted octanol–water partition coefficient (Wildman–Crippen LogP) is 3.49. The zero-order chi connectivity index (χ0) is 18.8. The number of nitrogens with one attached hydrogen (secondary N) is 3. The average molecular weight is 358 g/mol. The van der Waals surface area contributed by atoms with Gasteiger partial charge in [0.1, 0.15) is 5.84 Å². The molecule has 0 aromatic heterocycles. The van der Waals surface area contributed by atoms with E-state index in [1.165, 1.54) is 19.3 Å². The van der Waals surface area contributed by atoms with Crippen molar-refractivity contribution < 1.29 is 4.79 Å². The summed E-state index contributed by atoms with van der Waals surface area (Å²) in [6, 6.07) is 7.97. The lowest BCUT2D eigenvalue weighted by atomic mass is 9.97. The molecule has 0 bridgehead atoms. The van der Waals surface area contributed by atoms with Crippen LogP contribution >= 0.6 is 0 Å². The number of hydrogen-bond donors (Lipinski definition) is 3. The second-order valence-corrected chi connectivity index (χ2v) is 6.75. The molecule has 0 aliphatic carbocycles. The molecule has 0 saturated heterocycles. The van der Waals surface area contributed by atoms with Gasteiger partial charge in [0.05, 0.1) is 0 Å². The van der Waals surface area contributed by atoms with Crippen LogP contribution in [-0.2, 0) is 11.3 Å². The van der Waals surface area contributed by atoms with Crippen LogP contribution in [0.1, 0.15) is 70.4 Å². The van der Waals surface area contributed by atoms with E-state index in [4.69, 9.17) is 0 Å². The average Bonchev–Trinajstić information content (AvgIpc) is 2.67. The molecule has 1 aliphatic rings. The molecule has 1 amide bonds. The molecule has 1 aromatic carbocycles. The first-order chi connectivity index (χ1) is 12.6. The summed E-state index contributed by atoms with van der Waals surface area (Å²) in [5.41, 5.74) is 7.97. The molecular weight excluding hydrogens is 326 g/mol. The minimum Gasteiger partial charge on any atom is -0.352 e. The van der Waals surface area contributed by atoms with Crippen LogP contribution in [0.4, 0.5) is 0 Å². The molecule has 6 nitrogen and oxygen atoms in total. The van der Waals surface area contributed by atoms with Crippen molar-refractivity contribution in [1.82, 2.24) is 16.2 Å². The number of rotatable bonds is 10. The Hall–Kier alpha value is -2.37. The van der Waals surface area contributed by atoms with Crippen molar-refractivity contribution in [2.24, 2.45) is 16.1 Å². The van der Waals surface area contributed by atoms with Gasteiger partial charge in [-0.3, -0.25) is 15.6 Å². The van der Waals surface area contributed by atoms with Crippen molar-refractivity contribution >= 4 is 17.6 Å². The van der Waals surface area contributed by atoms with Crippen molar-refractivity contribution in [2.75, 3.05) is 0 Å². The molecule has 0 saturated carbocycles. The van der Waals surface area contributed by atoms with Crippen molar-refractivity contribution in [3.63, 3.8) is 0 Å². The zero-order valence-electron chi connectivity index (χ0n) is 16.1. The van der Waals surface area contributed by atoms with Gasteiger partial charge in [-0.05, 0) is 25.3 Å². The van der Waals surface area contributed by atoms with Gasteiger partial charge in [0.2, 0.25) is 5.91 Å². The second-order valence-electron chi connectivity index (χ2n) is 6.75. The number of carbonyl (C=O) groups is 1. The molecule has 6 heteroatoms. The number of amides is 1. The van der Waals surface area contributed by atoms with Gasteiger partial charge in [0.15, 0.2) is 5.84 Å². The maximum atomic E-state index is 12.4. The number of hydrogen-bond acceptors (Lipinski definition) is 5. The van der Waals surface area contributed by atoms with Crippen LogP contribution < -0.4 is 16.2 Å². The van der Waals surface area contributed by atoms with Gasteiger partial charge in [-0.2, -0.15) is 0 Å². The third kappa shape index (κ3) is 6.17. The zero-order valence-corrected chi connectivity index (χ0v) is 16.1. The van der Waals surface area contributed by atoms with Gasteiger partial charge in [0.25, 0.3) is 0 Å². The quantitative estimate of drug-likeness (QED) is 0.561. The third-order valence-electron chi connectivity index (χ3n) is 4.63. The summed E-state index contributed by atoms with van der Waals surface area (Å²) in [6.45, 7) is 6.69. The minimum atomic E-state index is 0.124. The fourth-order valence-corrected chi connectivity index (χ4v) is 2.91. The molecule has 1 heterocycles. The molecule has 0 spiro atoms. The normalized spacial score (nSPS) is 14.6. The van der Waals surface area contributed by atoms with E-state index in [0.29, 0.717) is 12.4 Å². The van der Waals surface area contributed by atoms with E-state index in [2.05, 4.69) is 40.2 Å². The summed E-state index contributed by atoms with van der Waals surface area (Å²) in [5.74, 6) is 1.71. The smallest absolute Gasteiger partial charge is 0.223 e. The Morgan fingerprint density at radius 3 is 2.46 bits per heavy atom. The highest BCUT2D eigenvalue weighted by Crippen LogP contribution is 2.15. The molecular formula is C20H31N5O. The molecule has 0 unspecified atom stereocenters. The number of benzene rings is 1. The highest BCUT2D eigenvalue weighted by molar-refractivity contribution is 6.01. The van der Waals surface area contributed by atoms with Crippen LogP contribution in [0.25, 0.3) is 0 Å². The lowest BCUT2D eigenvalue weighted by molar-refractivity contribution is -0.125. The van der Waals surface area contributed by atoms with Crippen LogP contribution in [-0.4, -0.2) is 17.6 Å². The maximum Gasteiger partial charge on any atom is 0.223 e. The van der Waals surface area contributed by atoms with Crippen LogP contribution in [0.5, 0.6) is 0 Å². The van der Waals surface area contributed by atoms with E-state index in [1.54, 1.807) is 0 Å². The van der Waals surface area contributed by atoms with Gasteiger partial charge in [0, 0.05) is 18.0 Å². The van der Waals surface area contributed by atoms with Crippen LogP contribution in [0.2, 0.25) is 0 Å². The minimum absolute atomic E-state index is 0.124. The molecule has 1 aliphatic heterocycles. The van der Waals surface area contributed by atoms with Gasteiger partial charge in [-0.25, -0.2) is 0 Å². The largest absolute Gasteiger partial charge is 0.352 e. The topological polar surface area (TPSA) is 77.9 Å². The van der Waals surface area contributed by atoms with E-state index in [0.717, 1.165) is 36.2 Å². The first-order valence-corrected chi connectivity index (χ1v) is 9.65.